The molecule has 0 saturated carbocycles. The summed E-state index contributed by atoms with van der Waals surface area (Å²) in [4.78, 5) is 27.0. The van der Waals surface area contributed by atoms with E-state index >= 15 is 0 Å². The van der Waals surface area contributed by atoms with Gasteiger partial charge in [0.05, 0.1) is 17.7 Å². The van der Waals surface area contributed by atoms with E-state index in [-0.39, 0.29) is 17.9 Å². The lowest BCUT2D eigenvalue weighted by Crippen LogP contribution is -2.16. The molecule has 20 heavy (non-hydrogen) atoms. The molecular formula is C14H11BrN2O3. The highest BCUT2D eigenvalue weighted by atomic mass is 79.9. The molecule has 5 nitrogen and oxygen atoms in total. The number of rotatable bonds is 4. The molecule has 0 aliphatic carbocycles. The first-order chi connectivity index (χ1) is 9.58. The molecule has 1 amide bonds. The van der Waals surface area contributed by atoms with Crippen molar-refractivity contribution in [3.8, 4) is 0 Å². The Balaban J connectivity index is 2.13. The van der Waals surface area contributed by atoms with Gasteiger partial charge in [0.25, 0.3) is 0 Å². The molecular weight excluding hydrogens is 324 g/mol. The largest absolute Gasteiger partial charge is 0.478 e. The molecule has 1 aromatic carbocycles. The van der Waals surface area contributed by atoms with Crippen molar-refractivity contribution in [1.29, 1.82) is 0 Å². The second-order valence-electron chi connectivity index (χ2n) is 4.03. The first-order valence-corrected chi connectivity index (χ1v) is 6.59. The van der Waals surface area contributed by atoms with E-state index in [2.05, 4.69) is 26.2 Å². The number of carbonyl (C=O) groups excluding carboxylic acids is 1. The number of aromatic carboxylic acids is 1. The molecule has 0 unspecified atom stereocenters. The Labute approximate surface area is 123 Å². The summed E-state index contributed by atoms with van der Waals surface area (Å²) in [5, 5.41) is 11.7. The summed E-state index contributed by atoms with van der Waals surface area (Å²) in [5.74, 6) is -1.34. The van der Waals surface area contributed by atoms with Gasteiger partial charge in [0.2, 0.25) is 5.91 Å². The zero-order chi connectivity index (χ0) is 14.5. The van der Waals surface area contributed by atoms with Gasteiger partial charge >= 0.3 is 5.97 Å². The molecule has 0 spiro atoms. The number of carboxylic acids is 1. The molecule has 0 saturated heterocycles. The predicted octanol–water partition coefficient (Wildman–Crippen LogP) is 2.72. The van der Waals surface area contributed by atoms with Gasteiger partial charge in [0.15, 0.2) is 0 Å². The van der Waals surface area contributed by atoms with E-state index in [1.807, 2.05) is 0 Å². The topological polar surface area (TPSA) is 79.3 Å². The van der Waals surface area contributed by atoms with Crippen LogP contribution in [-0.2, 0) is 11.2 Å². The second-order valence-corrected chi connectivity index (χ2v) is 4.78. The smallest absolute Gasteiger partial charge is 0.335 e. The number of nitrogens with one attached hydrogen (secondary N) is 1. The van der Waals surface area contributed by atoms with Crippen molar-refractivity contribution < 1.29 is 14.7 Å². The van der Waals surface area contributed by atoms with Crippen LogP contribution in [-0.4, -0.2) is 22.0 Å². The van der Waals surface area contributed by atoms with Crippen LogP contribution in [0.3, 0.4) is 0 Å². The predicted molar refractivity (Wildman–Crippen MR) is 77.7 cm³/mol. The summed E-state index contributed by atoms with van der Waals surface area (Å²) in [6, 6.07) is 9.84. The Morgan fingerprint density at radius 2 is 1.95 bits per heavy atom. The SMILES string of the molecule is O=C(Cc1ccccc1C(=O)O)Nc1cccnc1Br. The monoisotopic (exact) mass is 334 g/mol. The first kappa shape index (κ1) is 14.2. The van der Waals surface area contributed by atoms with E-state index in [9.17, 15) is 9.59 Å². The number of amides is 1. The van der Waals surface area contributed by atoms with Crippen LogP contribution in [0.25, 0.3) is 0 Å². The van der Waals surface area contributed by atoms with Crippen LogP contribution in [0.15, 0.2) is 47.2 Å². The fourth-order valence-electron chi connectivity index (χ4n) is 1.73. The van der Waals surface area contributed by atoms with E-state index in [4.69, 9.17) is 5.11 Å². The zero-order valence-electron chi connectivity index (χ0n) is 10.3. The van der Waals surface area contributed by atoms with E-state index in [1.54, 1.807) is 36.5 Å². The fraction of sp³-hybridized carbons (Fsp3) is 0.0714. The summed E-state index contributed by atoms with van der Waals surface area (Å²) in [5.41, 5.74) is 1.15. The van der Waals surface area contributed by atoms with Gasteiger partial charge in [0.1, 0.15) is 4.60 Å². The van der Waals surface area contributed by atoms with E-state index in [1.165, 1.54) is 6.07 Å². The molecule has 1 aromatic heterocycles. The van der Waals surface area contributed by atoms with Crippen molar-refractivity contribution in [2.75, 3.05) is 5.32 Å². The van der Waals surface area contributed by atoms with Crippen molar-refractivity contribution in [1.82, 2.24) is 4.98 Å². The van der Waals surface area contributed by atoms with Crippen molar-refractivity contribution in [2.45, 2.75) is 6.42 Å². The van der Waals surface area contributed by atoms with Crippen LogP contribution < -0.4 is 5.32 Å². The fourth-order valence-corrected chi connectivity index (χ4v) is 2.08. The quantitative estimate of drug-likeness (QED) is 0.842. The first-order valence-electron chi connectivity index (χ1n) is 5.79. The number of nitrogens with zero attached hydrogens (tertiary/aromatic N) is 1. The maximum absolute atomic E-state index is 12.0. The summed E-state index contributed by atoms with van der Waals surface area (Å²) >= 11 is 3.23. The van der Waals surface area contributed by atoms with E-state index in [0.717, 1.165) is 0 Å². The Kier molecular flexibility index (Phi) is 4.47. The summed E-state index contributed by atoms with van der Waals surface area (Å²) in [6.07, 6.45) is 1.59. The minimum absolute atomic E-state index is 0.0101. The molecule has 2 N–H and O–H groups in total. The molecule has 0 fully saturated rings. The highest BCUT2D eigenvalue weighted by Gasteiger charge is 2.13. The molecule has 6 heteroatoms. The molecule has 2 rings (SSSR count). The number of halogens is 1. The van der Waals surface area contributed by atoms with Gasteiger partial charge in [-0.1, -0.05) is 18.2 Å². The maximum Gasteiger partial charge on any atom is 0.335 e. The van der Waals surface area contributed by atoms with Crippen LogP contribution in [0.5, 0.6) is 0 Å². The number of hydrogen-bond acceptors (Lipinski definition) is 3. The second kappa shape index (κ2) is 6.29. The summed E-state index contributed by atoms with van der Waals surface area (Å²) in [7, 11) is 0. The number of hydrogen-bond donors (Lipinski definition) is 2. The highest BCUT2D eigenvalue weighted by molar-refractivity contribution is 9.10. The van der Waals surface area contributed by atoms with Gasteiger partial charge in [-0.15, -0.1) is 0 Å². The van der Waals surface area contributed by atoms with Gasteiger partial charge < -0.3 is 10.4 Å². The van der Waals surface area contributed by atoms with Gasteiger partial charge in [-0.2, -0.15) is 0 Å². The van der Waals surface area contributed by atoms with Crippen molar-refractivity contribution in [3.63, 3.8) is 0 Å². The number of aromatic nitrogens is 1. The van der Waals surface area contributed by atoms with Gasteiger partial charge in [-0.25, -0.2) is 9.78 Å². The lowest BCUT2D eigenvalue weighted by Gasteiger charge is -2.08. The van der Waals surface area contributed by atoms with Crippen LogP contribution in [0.1, 0.15) is 15.9 Å². The lowest BCUT2D eigenvalue weighted by molar-refractivity contribution is -0.115. The Hall–Kier alpha value is -2.21. The molecule has 0 aliphatic rings. The lowest BCUT2D eigenvalue weighted by atomic mass is 10.0. The maximum atomic E-state index is 12.0. The minimum atomic E-state index is -1.05. The Morgan fingerprint density at radius 1 is 1.20 bits per heavy atom. The molecule has 0 bridgehead atoms. The molecule has 0 radical (unpaired) electrons. The third-order valence-corrected chi connectivity index (χ3v) is 3.26. The molecule has 0 aliphatic heterocycles. The molecule has 0 atom stereocenters. The molecule has 102 valence electrons. The number of pyridine rings is 1. The molecule has 2 aromatic rings. The average Bonchev–Trinajstić information content (AvgIpc) is 2.41. The van der Waals surface area contributed by atoms with Crippen molar-refractivity contribution in [3.05, 3.63) is 58.3 Å². The van der Waals surface area contributed by atoms with Crippen LogP contribution in [0, 0.1) is 0 Å². The molecule has 1 heterocycles. The Morgan fingerprint density at radius 3 is 2.65 bits per heavy atom. The minimum Gasteiger partial charge on any atom is -0.478 e. The third-order valence-electron chi connectivity index (χ3n) is 2.63. The van der Waals surface area contributed by atoms with Gasteiger partial charge in [0, 0.05) is 6.20 Å². The number of carboxylic acid groups (broad SMARTS) is 1. The number of benzene rings is 1. The highest BCUT2D eigenvalue weighted by Crippen LogP contribution is 2.19. The normalized spacial score (nSPS) is 10.1. The van der Waals surface area contributed by atoms with Crippen LogP contribution in [0.2, 0.25) is 0 Å². The average molecular weight is 335 g/mol. The summed E-state index contributed by atoms with van der Waals surface area (Å²) in [6.45, 7) is 0. The standard InChI is InChI=1S/C14H11BrN2O3/c15-13-11(6-3-7-16-13)17-12(18)8-9-4-1-2-5-10(9)14(19)20/h1-7H,8H2,(H,17,18)(H,19,20). The third kappa shape index (κ3) is 3.42. The van der Waals surface area contributed by atoms with Gasteiger partial charge in [-0.05, 0) is 39.7 Å². The number of anilines is 1. The van der Waals surface area contributed by atoms with Crippen molar-refractivity contribution >= 4 is 33.5 Å². The van der Waals surface area contributed by atoms with Gasteiger partial charge in [-0.3, -0.25) is 4.79 Å². The van der Waals surface area contributed by atoms with E-state index in [0.29, 0.717) is 15.9 Å². The Bertz CT molecular complexity index is 658. The summed E-state index contributed by atoms with van der Waals surface area (Å²) < 4.78 is 0.528. The van der Waals surface area contributed by atoms with Crippen molar-refractivity contribution in [2.24, 2.45) is 0 Å². The van der Waals surface area contributed by atoms with Crippen LogP contribution in [0.4, 0.5) is 5.69 Å². The van der Waals surface area contributed by atoms with Crippen LogP contribution >= 0.6 is 15.9 Å². The zero-order valence-corrected chi connectivity index (χ0v) is 11.9. The van der Waals surface area contributed by atoms with E-state index < -0.39 is 5.97 Å². The number of carbonyl (C=O) groups is 2.